The second kappa shape index (κ2) is 4.34. The quantitative estimate of drug-likeness (QED) is 0.729. The second-order valence-corrected chi connectivity index (χ2v) is 4.71. The first-order chi connectivity index (χ1) is 8.36. The number of rotatable bonds is 2. The number of benzene rings is 1. The van der Waals surface area contributed by atoms with E-state index in [1.54, 1.807) is 16.9 Å². The molecule has 2 aromatic heterocycles. The number of fused-ring (bicyclic) bond motifs is 1. The van der Waals surface area contributed by atoms with Gasteiger partial charge in [-0.25, -0.2) is 0 Å². The first-order valence-electron chi connectivity index (χ1n) is 5.47. The first kappa shape index (κ1) is 10.5. The molecule has 0 saturated heterocycles. The van der Waals surface area contributed by atoms with Crippen molar-refractivity contribution in [1.29, 1.82) is 0 Å². The van der Waals surface area contributed by atoms with Crippen LogP contribution in [0.25, 0.3) is 22.3 Å². The first-order valence-corrected chi connectivity index (χ1v) is 7.18. The van der Waals surface area contributed by atoms with Gasteiger partial charge in [-0.1, -0.05) is 0 Å². The van der Waals surface area contributed by atoms with Crippen molar-refractivity contribution in [2.24, 2.45) is 0 Å². The fraction of sp³-hybridized carbons (Fsp3) is 0.0769. The minimum absolute atomic E-state index is 0.803. The molecule has 84 valence electrons. The zero-order valence-electron chi connectivity index (χ0n) is 9.22. The molecule has 3 nitrogen and oxygen atoms in total. The molecule has 0 amide bonds. The molecule has 2 heterocycles. The molecule has 0 spiro atoms. The molecular weight excluding hydrogens is 273 g/mol. The van der Waals surface area contributed by atoms with E-state index >= 15 is 0 Å². The summed E-state index contributed by atoms with van der Waals surface area (Å²) in [6, 6.07) is 12.4. The normalized spacial score (nSPS) is 10.9. The third kappa shape index (κ3) is 1.98. The summed E-state index contributed by atoms with van der Waals surface area (Å²) in [6.45, 7) is 0. The van der Waals surface area contributed by atoms with E-state index in [1.807, 2.05) is 24.4 Å². The molecule has 4 heteroatoms. The number of imidazole rings is 1. The molecule has 0 fully saturated rings. The summed E-state index contributed by atoms with van der Waals surface area (Å²) in [5, 5.41) is 0.962. The summed E-state index contributed by atoms with van der Waals surface area (Å²) in [4.78, 5) is 12.1. The number of hydrogen-bond acceptors (Lipinski definition) is 2. The fourth-order valence-corrected chi connectivity index (χ4v) is 2.24. The molecule has 0 aliphatic heterocycles. The van der Waals surface area contributed by atoms with Crippen molar-refractivity contribution in [2.75, 3.05) is 0 Å². The maximum atomic E-state index is 4.41. The number of pyridine rings is 1. The summed E-state index contributed by atoms with van der Waals surface area (Å²) in [5.41, 5.74) is 4.12. The van der Waals surface area contributed by atoms with E-state index in [1.165, 1.54) is 5.56 Å². The van der Waals surface area contributed by atoms with E-state index in [0.29, 0.717) is 0 Å². The number of nitrogens with one attached hydrogen (secondary N) is 1. The average molecular weight is 285 g/mol. The van der Waals surface area contributed by atoms with Crippen LogP contribution in [0, 0.1) is 0 Å². The predicted octanol–water partition coefficient (Wildman–Crippen LogP) is 1.76. The zero-order chi connectivity index (χ0) is 11.7. The summed E-state index contributed by atoms with van der Waals surface area (Å²) in [5.74, 6) is 1.01. The van der Waals surface area contributed by atoms with E-state index in [9.17, 15) is 0 Å². The van der Waals surface area contributed by atoms with E-state index in [0.717, 1.165) is 27.8 Å². The Hall–Kier alpha value is -1.60. The van der Waals surface area contributed by atoms with Crippen LogP contribution in [0.5, 0.6) is 0 Å². The monoisotopic (exact) mass is 285 g/mol. The Balaban J connectivity index is 2.13. The number of aromatic nitrogens is 3. The third-order valence-electron chi connectivity index (χ3n) is 2.69. The summed E-state index contributed by atoms with van der Waals surface area (Å²) in [6.07, 6.45) is 1.88. The van der Waals surface area contributed by atoms with Crippen molar-refractivity contribution in [3.63, 3.8) is 0 Å². The number of H-pyrrole nitrogens is 1. The van der Waals surface area contributed by atoms with Crippen LogP contribution in [-0.2, 0) is 5.21 Å². The van der Waals surface area contributed by atoms with E-state index in [4.69, 9.17) is 0 Å². The van der Waals surface area contributed by atoms with Crippen molar-refractivity contribution in [3.05, 3.63) is 48.4 Å². The van der Waals surface area contributed by atoms with Crippen LogP contribution in [0.3, 0.4) is 0 Å². The van der Waals surface area contributed by atoms with Gasteiger partial charge in [0.2, 0.25) is 0 Å². The molecule has 1 aromatic carbocycles. The Morgan fingerprint density at radius 2 is 1.94 bits per heavy atom. The summed E-state index contributed by atoms with van der Waals surface area (Å²) >= 11 is 1.65. The number of aromatic amines is 1. The van der Waals surface area contributed by atoms with Gasteiger partial charge in [0.1, 0.15) is 0 Å². The van der Waals surface area contributed by atoms with Gasteiger partial charge in [-0.2, -0.15) is 0 Å². The van der Waals surface area contributed by atoms with Crippen molar-refractivity contribution in [1.82, 2.24) is 15.0 Å². The second-order valence-electron chi connectivity index (χ2n) is 3.85. The van der Waals surface area contributed by atoms with Gasteiger partial charge in [0.15, 0.2) is 0 Å². The van der Waals surface area contributed by atoms with Crippen LogP contribution < -0.4 is 0 Å². The van der Waals surface area contributed by atoms with Crippen LogP contribution in [0.1, 0.15) is 5.82 Å². The Bertz CT molecular complexity index is 646. The van der Waals surface area contributed by atoms with Crippen LogP contribution >= 0.6 is 0 Å². The molecule has 0 saturated carbocycles. The van der Waals surface area contributed by atoms with Gasteiger partial charge in [-0.15, -0.1) is 0 Å². The average Bonchev–Trinajstić information content (AvgIpc) is 2.81. The van der Waals surface area contributed by atoms with Crippen LogP contribution in [-0.4, -0.2) is 31.8 Å². The van der Waals surface area contributed by atoms with Crippen molar-refractivity contribution >= 4 is 28.0 Å². The van der Waals surface area contributed by atoms with E-state index in [2.05, 4.69) is 33.2 Å². The van der Waals surface area contributed by atoms with Crippen molar-refractivity contribution in [2.45, 2.75) is 5.21 Å². The molecule has 3 rings (SSSR count). The minimum atomic E-state index is 0.803. The molecular formula is C13H12AsN3. The molecule has 0 aliphatic carbocycles. The third-order valence-corrected chi connectivity index (χ3v) is 3.50. The topological polar surface area (TPSA) is 41.6 Å². The Kier molecular flexibility index (Phi) is 2.69. The van der Waals surface area contributed by atoms with Gasteiger partial charge in [-0.05, 0) is 0 Å². The molecule has 17 heavy (non-hydrogen) atoms. The molecule has 0 radical (unpaired) electrons. The summed E-state index contributed by atoms with van der Waals surface area (Å²) in [7, 11) is 0. The van der Waals surface area contributed by atoms with E-state index in [-0.39, 0.29) is 0 Å². The van der Waals surface area contributed by atoms with Crippen molar-refractivity contribution in [3.8, 4) is 11.1 Å². The van der Waals surface area contributed by atoms with Gasteiger partial charge >= 0.3 is 108 Å². The van der Waals surface area contributed by atoms with Gasteiger partial charge < -0.3 is 0 Å². The van der Waals surface area contributed by atoms with E-state index < -0.39 is 0 Å². The van der Waals surface area contributed by atoms with Gasteiger partial charge in [-0.3, -0.25) is 0 Å². The zero-order valence-corrected chi connectivity index (χ0v) is 11.6. The Morgan fingerprint density at radius 1 is 1.12 bits per heavy atom. The fourth-order valence-electron chi connectivity index (χ4n) is 1.84. The number of hydrogen-bond donors (Lipinski definition) is 1. The molecule has 1 N–H and O–H groups in total. The Morgan fingerprint density at radius 3 is 2.71 bits per heavy atom. The van der Waals surface area contributed by atoms with Crippen LogP contribution in [0.15, 0.2) is 42.6 Å². The maximum absolute atomic E-state index is 4.41. The Labute approximate surface area is 108 Å². The van der Waals surface area contributed by atoms with Gasteiger partial charge in [0, 0.05) is 0 Å². The van der Waals surface area contributed by atoms with Crippen LogP contribution in [0.2, 0.25) is 0 Å². The van der Waals surface area contributed by atoms with Gasteiger partial charge in [0.05, 0.1) is 0 Å². The molecule has 3 aromatic rings. The molecule has 1 atom stereocenters. The number of nitrogens with zero attached hydrogens (tertiary/aromatic N) is 2. The van der Waals surface area contributed by atoms with Gasteiger partial charge in [0.25, 0.3) is 0 Å². The molecule has 0 bridgehead atoms. The van der Waals surface area contributed by atoms with Crippen molar-refractivity contribution < 1.29 is 0 Å². The predicted molar refractivity (Wildman–Crippen MR) is 71.6 cm³/mol. The SMILES string of the molecule is [AsH2]Cc1nc2ncc(-c3ccccc3)cc2[nH]1. The van der Waals surface area contributed by atoms with Crippen LogP contribution in [0.4, 0.5) is 0 Å². The standard InChI is InChI=1S/C13H12AsN3/c14-7-12-16-11-6-10(8-15-13(11)17-12)9-4-2-1-3-5-9/h1-6,8H,7,14H2,(H,15,16,17). The summed E-state index contributed by atoms with van der Waals surface area (Å²) < 4.78 is 0. The molecule has 0 aliphatic rings. The molecule has 1 unspecified atom stereocenters.